The highest BCUT2D eigenvalue weighted by atomic mass is 31.2. The molecular weight excluding hydrogens is 291 g/mol. The molecule has 0 bridgehead atoms. The fraction of sp³-hybridized carbons (Fsp3) is 0.600. The molecule has 4 N–H and O–H groups in total. The van der Waals surface area contributed by atoms with Crippen LogP contribution in [0, 0.1) is 0 Å². The maximum atomic E-state index is 11.0. The molecule has 9 nitrogen and oxygen atoms in total. The summed E-state index contributed by atoms with van der Waals surface area (Å²) >= 11 is 0. The van der Waals surface area contributed by atoms with Gasteiger partial charge in [-0.1, -0.05) is 0 Å². The topological polar surface area (TPSA) is 129 Å². The molecule has 114 valence electrons. The lowest BCUT2D eigenvalue weighted by molar-refractivity contribution is -0.127. The molecule has 0 aromatic carbocycles. The molecule has 0 aromatic rings. The van der Waals surface area contributed by atoms with E-state index in [9.17, 15) is 9.59 Å². The van der Waals surface area contributed by atoms with Gasteiger partial charge in [0.1, 0.15) is 12.8 Å². The summed E-state index contributed by atoms with van der Waals surface area (Å²) in [5, 5.41) is 2.37. The van der Waals surface area contributed by atoms with Gasteiger partial charge in [0.05, 0.1) is 6.10 Å². The Hall–Kier alpha value is -1.09. The molecule has 0 saturated carbocycles. The van der Waals surface area contributed by atoms with Crippen molar-refractivity contribution >= 4 is 20.5 Å². The number of rotatable bonds is 7. The molecule has 1 aliphatic heterocycles. The molecule has 20 heavy (non-hydrogen) atoms. The van der Waals surface area contributed by atoms with E-state index in [-0.39, 0.29) is 12.5 Å². The number of nitrogens with zero attached hydrogens (tertiary/aromatic N) is 1. The predicted molar refractivity (Wildman–Crippen MR) is 68.5 cm³/mol. The van der Waals surface area contributed by atoms with Gasteiger partial charge in [-0.3, -0.25) is 14.5 Å². The number of amides is 2. The fourth-order valence-electron chi connectivity index (χ4n) is 1.65. The highest BCUT2D eigenvalue weighted by Gasteiger charge is 2.37. The lowest BCUT2D eigenvalue weighted by atomic mass is 10.2. The minimum Gasteiger partial charge on any atom is -0.356 e. The van der Waals surface area contributed by atoms with Gasteiger partial charge < -0.3 is 10.1 Å². The van der Waals surface area contributed by atoms with Crippen LogP contribution < -0.4 is 5.32 Å². The third-order valence-electron chi connectivity index (χ3n) is 2.62. The van der Waals surface area contributed by atoms with Crippen LogP contribution in [0.15, 0.2) is 12.3 Å². The van der Waals surface area contributed by atoms with Crippen molar-refractivity contribution in [3.63, 3.8) is 0 Å². The van der Waals surface area contributed by atoms with Crippen LogP contribution in [0.1, 0.15) is 12.8 Å². The van der Waals surface area contributed by atoms with Gasteiger partial charge in [0, 0.05) is 19.3 Å². The van der Waals surface area contributed by atoms with Gasteiger partial charge in [-0.05, 0) is 12.8 Å². The van der Waals surface area contributed by atoms with Crippen molar-refractivity contribution in [1.29, 1.82) is 0 Å². The van der Waals surface area contributed by atoms with E-state index in [1.54, 1.807) is 0 Å². The monoisotopic (exact) mass is 309 g/mol. The number of carbonyl (C=O) groups excluding carboxylic acids is 2. The number of hydrogen-bond acceptors (Lipinski definition) is 7. The van der Waals surface area contributed by atoms with E-state index in [2.05, 4.69) is 9.84 Å². The van der Waals surface area contributed by atoms with Crippen LogP contribution in [0.3, 0.4) is 0 Å². The average Bonchev–Trinajstić information content (AvgIpc) is 2.85. The van der Waals surface area contributed by atoms with Gasteiger partial charge in [0.15, 0.2) is 0 Å². The Morgan fingerprint density at radius 3 is 2.75 bits per heavy atom. The van der Waals surface area contributed by atoms with Crippen molar-refractivity contribution in [3.8, 4) is 0 Å². The van der Waals surface area contributed by atoms with Crippen LogP contribution in [0.4, 0.5) is 0 Å². The molecule has 1 aliphatic rings. The van der Waals surface area contributed by atoms with E-state index in [4.69, 9.17) is 19.4 Å². The van der Waals surface area contributed by atoms with E-state index >= 15 is 0 Å². The van der Waals surface area contributed by atoms with Crippen molar-refractivity contribution < 1.29 is 33.5 Å². The highest BCUT2D eigenvalue weighted by molar-refractivity contribution is 7.53. The van der Waals surface area contributed by atoms with Crippen LogP contribution in [-0.4, -0.2) is 57.9 Å². The van der Waals surface area contributed by atoms with Gasteiger partial charge in [0.25, 0.3) is 0 Å². The van der Waals surface area contributed by atoms with Crippen LogP contribution >= 0.6 is 8.17 Å². The van der Waals surface area contributed by atoms with Crippen molar-refractivity contribution in [1.82, 2.24) is 10.2 Å². The average molecular weight is 309 g/mol. The Kier molecular flexibility index (Phi) is 6.47. The molecule has 0 radical (unpaired) electrons. The summed E-state index contributed by atoms with van der Waals surface area (Å²) in [6, 6.07) is 0. The van der Waals surface area contributed by atoms with E-state index in [1.165, 1.54) is 24.2 Å². The molecule has 1 fully saturated rings. The molecule has 2 unspecified atom stereocenters. The first-order valence-corrected chi connectivity index (χ1v) is 7.42. The van der Waals surface area contributed by atoms with Crippen molar-refractivity contribution in [2.24, 2.45) is 0 Å². The fourth-order valence-corrected chi connectivity index (χ4v) is 2.01. The third kappa shape index (κ3) is 5.91. The van der Waals surface area contributed by atoms with Gasteiger partial charge in [0.2, 0.25) is 12.3 Å². The zero-order valence-electron chi connectivity index (χ0n) is 10.9. The number of ether oxygens (including phenoxy) is 1. The zero-order chi connectivity index (χ0) is 15.2. The zero-order valence-corrected chi connectivity index (χ0v) is 11.8. The third-order valence-corrected chi connectivity index (χ3v) is 3.11. The second kappa shape index (κ2) is 7.63. The first-order chi connectivity index (χ1) is 9.35. The minimum absolute atomic E-state index is 0.195. The Bertz CT molecular complexity index is 371. The maximum absolute atomic E-state index is 11.0. The number of likely N-dealkylation sites (N-methyl/N-ethyl adjacent to an activating group) is 1. The number of carbonyl (C=O) groups is 2. The van der Waals surface area contributed by atoms with E-state index in [0.717, 1.165) is 0 Å². The predicted octanol–water partition coefficient (Wildman–Crippen LogP) is -1.12. The summed E-state index contributed by atoms with van der Waals surface area (Å²) in [5.41, 5.74) is 0. The van der Waals surface area contributed by atoms with E-state index in [1.807, 2.05) is 0 Å². The lowest BCUT2D eigenvalue weighted by Crippen LogP contribution is -2.31. The first-order valence-electron chi connectivity index (χ1n) is 5.85. The summed E-state index contributed by atoms with van der Waals surface area (Å²) in [4.78, 5) is 49.2. The Morgan fingerprint density at radius 2 is 2.20 bits per heavy atom. The normalized spacial score (nSPS) is 23.0. The molecule has 2 amide bonds. The smallest absolute Gasteiger partial charge is 0.356 e. The molecular formula is C10H18N2O7P+. The van der Waals surface area contributed by atoms with E-state index in [0.29, 0.717) is 19.3 Å². The lowest BCUT2D eigenvalue weighted by Gasteiger charge is -2.20. The van der Waals surface area contributed by atoms with Crippen molar-refractivity contribution in [2.45, 2.75) is 25.2 Å². The van der Waals surface area contributed by atoms with Crippen LogP contribution in [0.25, 0.3) is 0 Å². The summed E-state index contributed by atoms with van der Waals surface area (Å²) in [7, 11) is -2.81. The largest absolute Gasteiger partial charge is 0.567 e. The van der Waals surface area contributed by atoms with Crippen molar-refractivity contribution in [3.05, 3.63) is 12.3 Å². The molecule has 2 atom stereocenters. The quantitative estimate of drug-likeness (QED) is 0.266. The number of nitrogens with one attached hydrogen (secondary N) is 1. The van der Waals surface area contributed by atoms with Gasteiger partial charge in [-0.15, -0.1) is 0 Å². The van der Waals surface area contributed by atoms with Gasteiger partial charge in [-0.2, -0.15) is 19.2 Å². The Morgan fingerprint density at radius 1 is 1.50 bits per heavy atom. The Balaban J connectivity index is 2.46. The molecule has 0 spiro atoms. The van der Waals surface area contributed by atoms with Crippen molar-refractivity contribution in [2.75, 3.05) is 13.7 Å². The second-order valence-corrected chi connectivity index (χ2v) is 5.37. The van der Waals surface area contributed by atoms with Crippen LogP contribution in [0.5, 0.6) is 0 Å². The summed E-state index contributed by atoms with van der Waals surface area (Å²) in [5.74, 6) is -0.356. The standard InChI is InChI=1S/C10H17N2O7P/c1-11-9(14)4-5-12(7-13)10-3-2-8(19-10)6-18-20(15,16)17/h4-5,7-8,10,15-17H,2-3,6H2,1H3/p+1/b5-4-. The minimum atomic E-state index is -4.28. The van der Waals surface area contributed by atoms with Crippen LogP contribution in [0.2, 0.25) is 0 Å². The Labute approximate surface area is 116 Å². The molecule has 1 rings (SSSR count). The SMILES string of the molecule is CNC(=O)/C=C\N(C=O)C1CCC(CO[P+](O)(O)O)O1. The van der Waals surface area contributed by atoms with Gasteiger partial charge in [-0.25, -0.2) is 0 Å². The van der Waals surface area contributed by atoms with Crippen LogP contribution in [-0.2, 0) is 18.8 Å². The molecule has 0 aliphatic carbocycles. The summed E-state index contributed by atoms with van der Waals surface area (Å²) in [6.07, 6.45) is 2.98. The summed E-state index contributed by atoms with van der Waals surface area (Å²) in [6.45, 7) is -0.195. The molecule has 10 heteroatoms. The maximum Gasteiger partial charge on any atom is 0.567 e. The highest BCUT2D eigenvalue weighted by Crippen LogP contribution is 2.46. The molecule has 0 aromatic heterocycles. The first kappa shape index (κ1) is 17.0. The second-order valence-electron chi connectivity index (χ2n) is 4.08. The summed E-state index contributed by atoms with van der Waals surface area (Å²) < 4.78 is 9.90. The molecule has 1 saturated heterocycles. The molecule has 1 heterocycles. The number of hydrogen-bond donors (Lipinski definition) is 4. The van der Waals surface area contributed by atoms with Gasteiger partial charge >= 0.3 is 8.17 Å². The van der Waals surface area contributed by atoms with E-state index < -0.39 is 20.5 Å².